The number of carboxylic acid groups (broad SMARTS) is 1. The lowest BCUT2D eigenvalue weighted by Crippen LogP contribution is -2.50. The molecule has 0 bridgehead atoms. The Kier molecular flexibility index (Phi) is 3.22. The Hall–Kier alpha value is -1.60. The van der Waals surface area contributed by atoms with E-state index in [2.05, 4.69) is 0 Å². The quantitative estimate of drug-likeness (QED) is 0.809. The van der Waals surface area contributed by atoms with Gasteiger partial charge < -0.3 is 14.9 Å². The summed E-state index contributed by atoms with van der Waals surface area (Å²) >= 11 is 0. The predicted molar refractivity (Wildman–Crippen MR) is 74.0 cm³/mol. The molecule has 3 rings (SSSR count). The summed E-state index contributed by atoms with van der Waals surface area (Å²) < 4.78 is 29.1. The van der Waals surface area contributed by atoms with Crippen LogP contribution in [0.3, 0.4) is 0 Å². The number of sulfone groups is 1. The van der Waals surface area contributed by atoms with Gasteiger partial charge in [0.1, 0.15) is 11.2 Å². The Morgan fingerprint density at radius 3 is 2.62 bits per heavy atom. The van der Waals surface area contributed by atoms with Crippen LogP contribution in [0.25, 0.3) is 0 Å². The van der Waals surface area contributed by atoms with E-state index < -0.39 is 33.2 Å². The van der Waals surface area contributed by atoms with E-state index >= 15 is 0 Å². The van der Waals surface area contributed by atoms with E-state index in [1.807, 2.05) is 0 Å². The van der Waals surface area contributed by atoms with E-state index in [0.29, 0.717) is 11.3 Å². The first kappa shape index (κ1) is 14.3. The monoisotopic (exact) mass is 312 g/mol. The molecule has 1 saturated heterocycles. The summed E-state index contributed by atoms with van der Waals surface area (Å²) in [5.74, 6) is -2.21. The summed E-state index contributed by atoms with van der Waals surface area (Å²) in [7, 11) is -3.42. The van der Waals surface area contributed by atoms with Crippen molar-refractivity contribution in [3.8, 4) is 5.75 Å². The first-order chi connectivity index (χ1) is 9.87. The normalized spacial score (nSPS) is 34.0. The molecule has 3 atom stereocenters. The van der Waals surface area contributed by atoms with Crippen LogP contribution in [0.2, 0.25) is 0 Å². The highest BCUT2D eigenvalue weighted by molar-refractivity contribution is 7.91. The summed E-state index contributed by atoms with van der Waals surface area (Å²) in [5, 5.41) is 20.0. The molecule has 2 heterocycles. The lowest BCUT2D eigenvalue weighted by atomic mass is 9.66. The molecular formula is C14H16O6S. The minimum Gasteiger partial charge on any atom is -0.493 e. The van der Waals surface area contributed by atoms with Crippen molar-refractivity contribution in [2.24, 2.45) is 5.92 Å². The molecule has 0 aromatic heterocycles. The smallest absolute Gasteiger partial charge is 0.314 e. The van der Waals surface area contributed by atoms with Crippen LogP contribution in [0.5, 0.6) is 5.75 Å². The van der Waals surface area contributed by atoms with Gasteiger partial charge in [0.2, 0.25) is 0 Å². The van der Waals surface area contributed by atoms with Gasteiger partial charge in [-0.2, -0.15) is 0 Å². The van der Waals surface area contributed by atoms with Gasteiger partial charge >= 0.3 is 5.97 Å². The van der Waals surface area contributed by atoms with Crippen LogP contribution in [-0.2, 0) is 20.0 Å². The third-order valence-corrected chi connectivity index (χ3v) is 6.18. The Morgan fingerprint density at radius 1 is 1.29 bits per heavy atom. The number of para-hydroxylation sites is 1. The molecule has 2 aliphatic rings. The Labute approximate surface area is 122 Å². The third-order valence-electron chi connectivity index (χ3n) is 4.46. The van der Waals surface area contributed by atoms with Crippen LogP contribution in [0, 0.1) is 5.92 Å². The van der Waals surface area contributed by atoms with Crippen molar-refractivity contribution in [1.82, 2.24) is 0 Å². The number of aliphatic carboxylic acids is 1. The maximum atomic E-state index is 12.0. The van der Waals surface area contributed by atoms with Crippen molar-refractivity contribution in [2.75, 3.05) is 18.1 Å². The molecule has 2 aliphatic heterocycles. The molecule has 6 nitrogen and oxygen atoms in total. The van der Waals surface area contributed by atoms with Gasteiger partial charge in [-0.15, -0.1) is 0 Å². The number of ether oxygens (including phenoxy) is 1. The standard InChI is InChI=1S/C14H16O6S/c15-11-8-21(18,19)7-10(11)14(13(16)17)5-6-20-12-4-2-1-3-9(12)14/h1-4,10-11,15H,5-8H2,(H,16,17). The number of hydrogen-bond acceptors (Lipinski definition) is 5. The number of carboxylic acids is 1. The van der Waals surface area contributed by atoms with E-state index in [-0.39, 0.29) is 24.5 Å². The highest BCUT2D eigenvalue weighted by Gasteiger charge is 2.57. The predicted octanol–water partition coefficient (Wildman–Crippen LogP) is 0.197. The zero-order valence-electron chi connectivity index (χ0n) is 11.2. The van der Waals surface area contributed by atoms with Gasteiger partial charge in [0, 0.05) is 17.9 Å². The number of hydrogen-bond donors (Lipinski definition) is 2. The number of aliphatic hydroxyl groups is 1. The second-order valence-electron chi connectivity index (χ2n) is 5.62. The Balaban J connectivity index is 2.17. The molecular weight excluding hydrogens is 296 g/mol. The van der Waals surface area contributed by atoms with Crippen molar-refractivity contribution >= 4 is 15.8 Å². The highest BCUT2D eigenvalue weighted by atomic mass is 32.2. The minimum atomic E-state index is -3.42. The van der Waals surface area contributed by atoms with E-state index in [1.54, 1.807) is 24.3 Å². The molecule has 7 heteroatoms. The molecule has 1 aromatic carbocycles. The molecule has 0 amide bonds. The lowest BCUT2D eigenvalue weighted by Gasteiger charge is -2.40. The summed E-state index contributed by atoms with van der Waals surface area (Å²) in [6.07, 6.45) is -1.02. The molecule has 3 unspecified atom stereocenters. The maximum Gasteiger partial charge on any atom is 0.314 e. The number of fused-ring (bicyclic) bond motifs is 1. The fourth-order valence-electron chi connectivity index (χ4n) is 3.48. The number of carbonyl (C=O) groups is 1. The van der Waals surface area contributed by atoms with Crippen LogP contribution >= 0.6 is 0 Å². The zero-order chi connectivity index (χ0) is 15.3. The second-order valence-corrected chi connectivity index (χ2v) is 7.78. The molecule has 0 saturated carbocycles. The molecule has 21 heavy (non-hydrogen) atoms. The van der Waals surface area contributed by atoms with Gasteiger partial charge in [-0.3, -0.25) is 4.79 Å². The summed E-state index contributed by atoms with van der Waals surface area (Å²) in [4.78, 5) is 12.0. The molecule has 2 N–H and O–H groups in total. The van der Waals surface area contributed by atoms with E-state index in [0.717, 1.165) is 0 Å². The van der Waals surface area contributed by atoms with Crippen LogP contribution in [-0.4, -0.2) is 48.8 Å². The fraction of sp³-hybridized carbons (Fsp3) is 0.500. The van der Waals surface area contributed by atoms with Gasteiger partial charge in [0.25, 0.3) is 0 Å². The average molecular weight is 312 g/mol. The first-order valence-electron chi connectivity index (χ1n) is 6.71. The van der Waals surface area contributed by atoms with Gasteiger partial charge in [-0.1, -0.05) is 18.2 Å². The maximum absolute atomic E-state index is 12.0. The second kappa shape index (κ2) is 4.71. The average Bonchev–Trinajstić information content (AvgIpc) is 2.71. The topological polar surface area (TPSA) is 101 Å². The van der Waals surface area contributed by atoms with Gasteiger partial charge in [0.05, 0.1) is 24.2 Å². The molecule has 0 aliphatic carbocycles. The molecule has 114 valence electrons. The first-order valence-corrected chi connectivity index (χ1v) is 8.53. The zero-order valence-corrected chi connectivity index (χ0v) is 12.0. The Bertz CT molecular complexity index is 682. The van der Waals surface area contributed by atoms with Crippen molar-refractivity contribution < 1.29 is 28.2 Å². The SMILES string of the molecule is O=C(O)C1(C2CS(=O)(=O)CC2O)CCOc2ccccc21. The molecule has 0 radical (unpaired) electrons. The summed E-state index contributed by atoms with van der Waals surface area (Å²) in [6, 6.07) is 6.74. The van der Waals surface area contributed by atoms with Gasteiger partial charge in [-0.05, 0) is 6.07 Å². The van der Waals surface area contributed by atoms with Crippen LogP contribution in [0.1, 0.15) is 12.0 Å². The van der Waals surface area contributed by atoms with E-state index in [9.17, 15) is 23.4 Å². The van der Waals surface area contributed by atoms with Crippen molar-refractivity contribution in [3.63, 3.8) is 0 Å². The summed E-state index contributed by atoms with van der Waals surface area (Å²) in [5.41, 5.74) is -0.970. The number of benzene rings is 1. The Morgan fingerprint density at radius 2 is 2.00 bits per heavy atom. The molecule has 1 fully saturated rings. The minimum absolute atomic E-state index is 0.149. The summed E-state index contributed by atoms with van der Waals surface area (Å²) in [6.45, 7) is 0.187. The highest BCUT2D eigenvalue weighted by Crippen LogP contribution is 2.47. The largest absolute Gasteiger partial charge is 0.493 e. The molecule has 0 spiro atoms. The lowest BCUT2D eigenvalue weighted by molar-refractivity contribution is -0.149. The third kappa shape index (κ3) is 2.11. The number of aliphatic hydroxyl groups excluding tert-OH is 1. The van der Waals surface area contributed by atoms with Gasteiger partial charge in [-0.25, -0.2) is 8.42 Å². The van der Waals surface area contributed by atoms with Gasteiger partial charge in [0.15, 0.2) is 9.84 Å². The van der Waals surface area contributed by atoms with Crippen molar-refractivity contribution in [3.05, 3.63) is 29.8 Å². The van der Waals surface area contributed by atoms with Crippen LogP contribution in [0.4, 0.5) is 0 Å². The van der Waals surface area contributed by atoms with E-state index in [4.69, 9.17) is 4.74 Å². The van der Waals surface area contributed by atoms with Crippen LogP contribution < -0.4 is 4.74 Å². The fourth-order valence-corrected chi connectivity index (χ4v) is 5.43. The van der Waals surface area contributed by atoms with Crippen molar-refractivity contribution in [1.29, 1.82) is 0 Å². The van der Waals surface area contributed by atoms with Crippen molar-refractivity contribution in [2.45, 2.75) is 17.9 Å². The molecule has 1 aromatic rings. The number of rotatable bonds is 2. The van der Waals surface area contributed by atoms with E-state index in [1.165, 1.54) is 0 Å². The van der Waals surface area contributed by atoms with Crippen LogP contribution in [0.15, 0.2) is 24.3 Å².